The molecule has 18 nitrogen and oxygen atoms in total. The molecule has 62 heavy (non-hydrogen) atoms. The number of hydrogen-bond acceptors (Lipinski definition) is 19. The number of pyridine rings is 2. The molecule has 2 aromatic carbocycles. The summed E-state index contributed by atoms with van der Waals surface area (Å²) in [5.74, 6) is 1.47. The number of methoxy groups -OCH3 is 2. The molecule has 6 rings (SSSR count). The molecule has 0 aliphatic rings. The Kier molecular flexibility index (Phi) is 17.6. The van der Waals surface area contributed by atoms with Crippen LogP contribution in [0.25, 0.3) is 22.5 Å². The maximum atomic E-state index is 11.8. The van der Waals surface area contributed by atoms with Crippen LogP contribution in [0.2, 0.25) is 0 Å². The number of ether oxygens (including phenoxy) is 4. The minimum atomic E-state index is -0.674. The van der Waals surface area contributed by atoms with Gasteiger partial charge in [-0.1, -0.05) is 31.9 Å². The average Bonchev–Trinajstić information content (AvgIpc) is 3.28. The molecular weight excluding hydrogens is 972 g/mol. The Morgan fingerprint density at radius 2 is 1.16 bits per heavy atom. The van der Waals surface area contributed by atoms with Crippen molar-refractivity contribution in [2.24, 2.45) is 0 Å². The van der Waals surface area contributed by atoms with Gasteiger partial charge in [0.05, 0.1) is 72.9 Å². The van der Waals surface area contributed by atoms with Crippen LogP contribution in [0.3, 0.4) is 0 Å². The van der Waals surface area contributed by atoms with E-state index in [1.54, 1.807) is 48.4 Å². The van der Waals surface area contributed by atoms with E-state index in [9.17, 15) is 19.7 Å². The normalized spacial score (nSPS) is 10.6. The molecule has 6 N–H and O–H groups in total. The van der Waals surface area contributed by atoms with E-state index in [1.807, 2.05) is 24.3 Å². The van der Waals surface area contributed by atoms with Crippen LogP contribution in [0.1, 0.15) is 33.8 Å². The molecule has 322 valence electrons. The Morgan fingerprint density at radius 3 is 1.63 bits per heavy atom. The lowest BCUT2D eigenvalue weighted by atomic mass is 10.1. The second-order valence-corrected chi connectivity index (χ2v) is 16.3. The van der Waals surface area contributed by atoms with Crippen LogP contribution < -0.4 is 26.7 Å². The molecule has 0 unspecified atom stereocenters. The van der Waals surface area contributed by atoms with Crippen molar-refractivity contribution in [2.45, 2.75) is 22.6 Å². The second kappa shape index (κ2) is 23.2. The van der Waals surface area contributed by atoms with Gasteiger partial charge in [-0.2, -0.15) is 0 Å². The number of aromatic nitrogens is 6. The Morgan fingerprint density at radius 1 is 0.694 bits per heavy atom. The van der Waals surface area contributed by atoms with Gasteiger partial charge in [0, 0.05) is 48.9 Å². The van der Waals surface area contributed by atoms with Crippen molar-refractivity contribution in [1.29, 1.82) is 0 Å². The summed E-state index contributed by atoms with van der Waals surface area (Å²) in [7, 11) is 2.51. The van der Waals surface area contributed by atoms with E-state index in [0.29, 0.717) is 64.4 Å². The quantitative estimate of drug-likeness (QED) is 0.0257. The number of anilines is 3. The number of hydrogen-bond donors (Lipinski definition) is 3. The number of nitrogens with zero attached hydrogens (tertiary/aromatic N) is 7. The van der Waals surface area contributed by atoms with Crippen molar-refractivity contribution in [3.8, 4) is 34.0 Å². The lowest BCUT2D eigenvalue weighted by molar-refractivity contribution is -0.388. The van der Waals surface area contributed by atoms with Gasteiger partial charge in [0.1, 0.15) is 17.7 Å². The molecule has 0 radical (unpaired) electrons. The van der Waals surface area contributed by atoms with Crippen LogP contribution in [0, 0.1) is 10.1 Å². The van der Waals surface area contributed by atoms with Gasteiger partial charge in [0.2, 0.25) is 0 Å². The third-order valence-electron chi connectivity index (χ3n) is 8.18. The summed E-state index contributed by atoms with van der Waals surface area (Å²) in [6.45, 7) is 0.952. The third-order valence-corrected chi connectivity index (χ3v) is 11.9. The van der Waals surface area contributed by atoms with E-state index < -0.39 is 16.9 Å². The number of thioether (sulfide) groups is 2. The van der Waals surface area contributed by atoms with Gasteiger partial charge in [0.15, 0.2) is 23.0 Å². The van der Waals surface area contributed by atoms with Crippen LogP contribution in [0.5, 0.6) is 11.5 Å². The fourth-order valence-electron chi connectivity index (χ4n) is 5.15. The lowest BCUT2D eigenvalue weighted by Crippen LogP contribution is -2.10. The van der Waals surface area contributed by atoms with E-state index in [1.165, 1.54) is 50.8 Å². The number of nitrogen functional groups attached to an aromatic ring is 3. The second-order valence-electron chi connectivity index (χ2n) is 12.4. The number of carbonyl (C=O) groups excluding carboxylic acids is 2. The number of rotatable bonds is 17. The van der Waals surface area contributed by atoms with Crippen molar-refractivity contribution in [3.05, 3.63) is 116 Å². The summed E-state index contributed by atoms with van der Waals surface area (Å²) in [6.07, 6.45) is 10.6. The van der Waals surface area contributed by atoms with E-state index in [0.717, 1.165) is 31.6 Å². The Balaban J connectivity index is 0.000000235. The summed E-state index contributed by atoms with van der Waals surface area (Å²) >= 11 is 10.0. The highest BCUT2D eigenvalue weighted by molar-refractivity contribution is 9.11. The van der Waals surface area contributed by atoms with Gasteiger partial charge < -0.3 is 36.1 Å². The molecule has 6 aromatic rings. The standard InChI is InChI=1S/C20H18BrN5O5S.C20H20BrN5O3S/c1-30-20(27)18-19(22)24-10-15(25-18)13-9-12(3-4-14(13)21)31-7-2-8-32-17-5-6-23-11-16(17)26(28)29;1-28-20(27)18-19(23)25-11-16(26-18)13-9-12(3-4-14(13)21)29-7-2-8-30-17-5-6-24-10-15(17)22/h3-6,9-11H,2,7-8H2,1H3,(H2,22,24);3-6,9-11H,2,7-8,22H2,1H3,(H2,23,25). The number of halogens is 2. The minimum Gasteiger partial charge on any atom is -0.494 e. The van der Waals surface area contributed by atoms with Gasteiger partial charge in [-0.05, 0) is 61.4 Å². The summed E-state index contributed by atoms with van der Waals surface area (Å²) < 4.78 is 22.6. The predicted octanol–water partition coefficient (Wildman–Crippen LogP) is 7.95. The topological polar surface area (TPSA) is 270 Å². The first-order valence-corrected chi connectivity index (χ1v) is 21.8. The maximum absolute atomic E-state index is 11.8. The van der Waals surface area contributed by atoms with Crippen LogP contribution in [-0.2, 0) is 9.47 Å². The van der Waals surface area contributed by atoms with Crippen molar-refractivity contribution in [2.75, 3.05) is 56.1 Å². The molecule has 4 aromatic heterocycles. The summed E-state index contributed by atoms with van der Waals surface area (Å²) in [5.41, 5.74) is 20.2. The van der Waals surface area contributed by atoms with Crippen molar-refractivity contribution >= 4 is 90.3 Å². The van der Waals surface area contributed by atoms with Crippen LogP contribution >= 0.6 is 55.4 Å². The van der Waals surface area contributed by atoms with Crippen LogP contribution in [-0.4, -0.2) is 85.7 Å². The Hall–Kier alpha value is -6.10. The fourth-order valence-corrected chi connectivity index (χ4v) is 7.82. The molecule has 0 saturated carbocycles. The molecule has 0 aliphatic carbocycles. The first kappa shape index (κ1) is 47.0. The average molecular weight is 1010 g/mol. The molecule has 4 heterocycles. The maximum Gasteiger partial charge on any atom is 0.360 e. The number of nitro groups is 1. The van der Waals surface area contributed by atoms with Crippen LogP contribution in [0.15, 0.2) is 104 Å². The zero-order chi connectivity index (χ0) is 44.6. The molecule has 0 spiro atoms. The summed E-state index contributed by atoms with van der Waals surface area (Å²) in [5, 5.41) is 11.0. The predicted molar refractivity (Wildman–Crippen MR) is 243 cm³/mol. The number of esters is 2. The highest BCUT2D eigenvalue weighted by Crippen LogP contribution is 2.34. The SMILES string of the molecule is COC(=O)c1nc(-c2cc(OCCCSc3ccncc3N)ccc2Br)cnc1N.COC(=O)c1nc(-c2cc(OCCCSc3ccncc3[N+](=O)[O-])ccc2Br)cnc1N. The molecule has 0 bridgehead atoms. The molecule has 0 atom stereocenters. The highest BCUT2D eigenvalue weighted by atomic mass is 79.9. The third kappa shape index (κ3) is 13.0. The number of benzene rings is 2. The molecule has 0 aliphatic heterocycles. The van der Waals surface area contributed by atoms with E-state index in [4.69, 9.17) is 31.4 Å². The number of carbonyl (C=O) groups is 2. The Bertz CT molecular complexity index is 2540. The fraction of sp³-hybridized carbons (Fsp3) is 0.200. The lowest BCUT2D eigenvalue weighted by Gasteiger charge is -2.11. The minimum absolute atomic E-state index is 0.00750. The van der Waals surface area contributed by atoms with Gasteiger partial charge >= 0.3 is 17.6 Å². The monoisotopic (exact) mass is 1010 g/mol. The zero-order valence-corrected chi connectivity index (χ0v) is 37.8. The van der Waals surface area contributed by atoms with Crippen molar-refractivity contribution in [3.63, 3.8) is 0 Å². The van der Waals surface area contributed by atoms with Crippen molar-refractivity contribution in [1.82, 2.24) is 29.9 Å². The molecule has 0 amide bonds. The summed E-state index contributed by atoms with van der Waals surface area (Å²) in [6, 6.07) is 14.4. The van der Waals surface area contributed by atoms with Gasteiger partial charge in [0.25, 0.3) is 0 Å². The molecular formula is C40H38Br2N10O8S2. The number of nitrogens with two attached hydrogens (primary N) is 3. The summed E-state index contributed by atoms with van der Waals surface area (Å²) in [4.78, 5) is 60.3. The first-order chi connectivity index (χ1) is 29.9. The molecule has 0 fully saturated rings. The molecule has 22 heteroatoms. The highest BCUT2D eigenvalue weighted by Gasteiger charge is 2.19. The van der Waals surface area contributed by atoms with E-state index >= 15 is 0 Å². The van der Waals surface area contributed by atoms with Gasteiger partial charge in [-0.15, -0.1) is 23.5 Å². The smallest absolute Gasteiger partial charge is 0.360 e. The van der Waals surface area contributed by atoms with E-state index in [-0.39, 0.29) is 28.7 Å². The molecule has 0 saturated heterocycles. The largest absolute Gasteiger partial charge is 0.494 e. The van der Waals surface area contributed by atoms with E-state index in [2.05, 4.69) is 66.5 Å². The van der Waals surface area contributed by atoms with Crippen LogP contribution in [0.4, 0.5) is 23.0 Å². The first-order valence-electron chi connectivity index (χ1n) is 18.2. The zero-order valence-electron chi connectivity index (χ0n) is 33.0. The van der Waals surface area contributed by atoms with Gasteiger partial charge in [-0.3, -0.25) is 20.1 Å². The Labute approximate surface area is 380 Å². The van der Waals surface area contributed by atoms with Gasteiger partial charge in [-0.25, -0.2) is 29.5 Å². The van der Waals surface area contributed by atoms with Crippen molar-refractivity contribution < 1.29 is 33.5 Å².